The van der Waals surface area contributed by atoms with Crippen molar-refractivity contribution >= 4 is 17.7 Å². The third-order valence-electron chi connectivity index (χ3n) is 3.28. The van der Waals surface area contributed by atoms with E-state index in [4.69, 9.17) is 4.74 Å². The van der Waals surface area contributed by atoms with E-state index in [0.717, 1.165) is 11.3 Å². The van der Waals surface area contributed by atoms with E-state index >= 15 is 0 Å². The van der Waals surface area contributed by atoms with Gasteiger partial charge in [-0.3, -0.25) is 4.79 Å². The third-order valence-corrected chi connectivity index (χ3v) is 4.72. The molecule has 0 aliphatic carbocycles. The van der Waals surface area contributed by atoms with Crippen molar-refractivity contribution < 1.29 is 9.53 Å². The van der Waals surface area contributed by atoms with Crippen LogP contribution in [0.3, 0.4) is 0 Å². The van der Waals surface area contributed by atoms with Gasteiger partial charge in [-0.2, -0.15) is 11.8 Å². The predicted molar refractivity (Wildman–Crippen MR) is 86.5 cm³/mol. The Bertz CT molecular complexity index is 440. The lowest BCUT2D eigenvalue weighted by atomic mass is 9.91. The van der Waals surface area contributed by atoms with Crippen molar-refractivity contribution in [1.29, 1.82) is 0 Å². The summed E-state index contributed by atoms with van der Waals surface area (Å²) in [6.07, 6.45) is 2.44. The van der Waals surface area contributed by atoms with Gasteiger partial charge in [-0.25, -0.2) is 0 Å². The zero-order valence-corrected chi connectivity index (χ0v) is 13.8. The molecule has 0 fully saturated rings. The largest absolute Gasteiger partial charge is 0.496 e. The molecule has 1 aromatic rings. The molecule has 0 aromatic heterocycles. The van der Waals surface area contributed by atoms with E-state index in [2.05, 4.69) is 32.3 Å². The molecule has 0 saturated carbocycles. The molecule has 1 atom stereocenters. The van der Waals surface area contributed by atoms with Crippen molar-refractivity contribution in [2.75, 3.05) is 19.9 Å². The molecule has 0 spiro atoms. The first-order valence-electron chi connectivity index (χ1n) is 6.80. The van der Waals surface area contributed by atoms with Crippen molar-refractivity contribution in [3.8, 4) is 5.75 Å². The van der Waals surface area contributed by atoms with Crippen molar-refractivity contribution in [1.82, 2.24) is 5.32 Å². The van der Waals surface area contributed by atoms with Crippen LogP contribution < -0.4 is 10.1 Å². The number of carbonyl (C=O) groups excluding carboxylic acids is 1. The second-order valence-electron chi connectivity index (χ2n) is 5.88. The zero-order valence-electron chi connectivity index (χ0n) is 13.0. The van der Waals surface area contributed by atoms with Gasteiger partial charge in [-0.1, -0.05) is 39.0 Å². The zero-order chi connectivity index (χ0) is 15.2. The first-order valence-corrected chi connectivity index (χ1v) is 8.08. The number of methoxy groups -OCH3 is 1. The van der Waals surface area contributed by atoms with Crippen molar-refractivity contribution in [2.24, 2.45) is 5.41 Å². The molecule has 0 unspecified atom stereocenters. The van der Waals surface area contributed by atoms with Crippen LogP contribution in [0.2, 0.25) is 0 Å². The molecule has 1 aromatic carbocycles. The first kappa shape index (κ1) is 16.9. The van der Waals surface area contributed by atoms with E-state index < -0.39 is 0 Å². The van der Waals surface area contributed by atoms with Crippen LogP contribution in [0.1, 0.15) is 26.3 Å². The van der Waals surface area contributed by atoms with Gasteiger partial charge in [0.15, 0.2) is 0 Å². The summed E-state index contributed by atoms with van der Waals surface area (Å²) in [5.41, 5.74) is 1.10. The number of ether oxygens (including phenoxy) is 1. The van der Waals surface area contributed by atoms with E-state index in [1.54, 1.807) is 18.9 Å². The Morgan fingerprint density at radius 3 is 2.55 bits per heavy atom. The lowest BCUT2D eigenvalue weighted by Gasteiger charge is -2.29. The Hall–Kier alpha value is -1.16. The van der Waals surface area contributed by atoms with E-state index in [0.29, 0.717) is 18.2 Å². The third kappa shape index (κ3) is 5.08. The van der Waals surface area contributed by atoms with Gasteiger partial charge in [0, 0.05) is 17.4 Å². The van der Waals surface area contributed by atoms with Crippen LogP contribution in [0, 0.1) is 5.41 Å². The fourth-order valence-electron chi connectivity index (χ4n) is 2.03. The van der Waals surface area contributed by atoms with E-state index in [9.17, 15) is 4.79 Å². The van der Waals surface area contributed by atoms with Gasteiger partial charge in [0.1, 0.15) is 5.75 Å². The van der Waals surface area contributed by atoms with Crippen LogP contribution in [0.25, 0.3) is 0 Å². The highest BCUT2D eigenvalue weighted by Crippen LogP contribution is 2.28. The summed E-state index contributed by atoms with van der Waals surface area (Å²) in [4.78, 5) is 12.1. The molecule has 0 radical (unpaired) electrons. The van der Waals surface area contributed by atoms with E-state index in [1.807, 2.05) is 24.3 Å². The minimum Gasteiger partial charge on any atom is -0.496 e. The number of rotatable bonds is 6. The maximum atomic E-state index is 12.1. The van der Waals surface area contributed by atoms with Gasteiger partial charge in [0.2, 0.25) is 5.91 Å². The average Bonchev–Trinajstić information content (AvgIpc) is 2.38. The number of carbonyl (C=O) groups is 1. The Labute approximate surface area is 126 Å². The second kappa shape index (κ2) is 7.58. The fourth-order valence-corrected chi connectivity index (χ4v) is 2.99. The first-order chi connectivity index (χ1) is 9.38. The second-order valence-corrected chi connectivity index (χ2v) is 6.92. The van der Waals surface area contributed by atoms with Crippen molar-refractivity contribution in [3.05, 3.63) is 29.8 Å². The maximum absolute atomic E-state index is 12.1. The quantitative estimate of drug-likeness (QED) is 0.876. The number of para-hydroxylation sites is 1. The molecule has 112 valence electrons. The van der Waals surface area contributed by atoms with Crippen LogP contribution in [-0.4, -0.2) is 31.1 Å². The van der Waals surface area contributed by atoms with Crippen molar-refractivity contribution in [2.45, 2.75) is 32.4 Å². The fraction of sp³-hybridized carbons (Fsp3) is 0.562. The highest BCUT2D eigenvalue weighted by atomic mass is 32.2. The van der Waals surface area contributed by atoms with Crippen LogP contribution in [0.4, 0.5) is 0 Å². The molecular weight excluding hydrogens is 270 g/mol. The Balaban J connectivity index is 2.56. The van der Waals surface area contributed by atoms with Gasteiger partial charge in [0.25, 0.3) is 0 Å². The summed E-state index contributed by atoms with van der Waals surface area (Å²) in [6, 6.07) is 7.63. The molecule has 4 heteroatoms. The van der Waals surface area contributed by atoms with E-state index in [-0.39, 0.29) is 11.3 Å². The summed E-state index contributed by atoms with van der Waals surface area (Å²) in [6.45, 7) is 7.28. The van der Waals surface area contributed by atoms with E-state index in [1.165, 1.54) is 0 Å². The lowest BCUT2D eigenvalue weighted by Crippen LogP contribution is -2.37. The minimum atomic E-state index is 0.0396. The molecule has 0 bridgehead atoms. The highest BCUT2D eigenvalue weighted by molar-refractivity contribution is 7.99. The average molecular weight is 295 g/mol. The number of benzene rings is 1. The minimum absolute atomic E-state index is 0.0396. The molecule has 0 heterocycles. The Morgan fingerprint density at radius 2 is 2.00 bits per heavy atom. The highest BCUT2D eigenvalue weighted by Gasteiger charge is 2.24. The topological polar surface area (TPSA) is 38.3 Å². The number of thioether (sulfide) groups is 1. The summed E-state index contributed by atoms with van der Waals surface area (Å²) < 4.78 is 5.26. The smallest absolute Gasteiger partial charge is 0.224 e. The molecule has 0 aliphatic rings. The number of hydrogen-bond donors (Lipinski definition) is 1. The summed E-state index contributed by atoms with van der Waals surface area (Å²) in [7, 11) is 1.63. The lowest BCUT2D eigenvalue weighted by molar-refractivity contribution is -0.120. The van der Waals surface area contributed by atoms with Crippen LogP contribution in [0.5, 0.6) is 5.75 Å². The number of hydrogen-bond acceptors (Lipinski definition) is 3. The van der Waals surface area contributed by atoms with Gasteiger partial charge >= 0.3 is 0 Å². The molecule has 1 amide bonds. The Kier molecular flexibility index (Phi) is 6.40. The molecule has 1 N–H and O–H groups in total. The van der Waals surface area contributed by atoms with Crippen molar-refractivity contribution in [3.63, 3.8) is 0 Å². The Morgan fingerprint density at radius 1 is 1.35 bits per heavy atom. The van der Waals surface area contributed by atoms with Gasteiger partial charge in [-0.05, 0) is 17.7 Å². The van der Waals surface area contributed by atoms with Crippen LogP contribution in [-0.2, 0) is 11.2 Å². The monoisotopic (exact) mass is 295 g/mol. The molecule has 0 saturated heterocycles. The number of nitrogens with one attached hydrogen (secondary N) is 1. The number of amides is 1. The van der Waals surface area contributed by atoms with Gasteiger partial charge < -0.3 is 10.1 Å². The predicted octanol–water partition coefficient (Wildman–Crippen LogP) is 3.13. The summed E-state index contributed by atoms with van der Waals surface area (Å²) in [5, 5.41) is 3.43. The normalized spacial score (nSPS) is 12.8. The maximum Gasteiger partial charge on any atom is 0.224 e. The van der Waals surface area contributed by atoms with Crippen LogP contribution in [0.15, 0.2) is 24.3 Å². The van der Waals surface area contributed by atoms with Gasteiger partial charge in [-0.15, -0.1) is 0 Å². The molecular formula is C16H25NO2S. The standard InChI is InChI=1S/C16H25NO2S/c1-16(2,3)14(20-5)11-17-15(18)10-12-8-6-7-9-13(12)19-4/h6-9,14H,10-11H2,1-5H3,(H,17,18)/t14-/m0/s1. The molecule has 1 rings (SSSR count). The summed E-state index contributed by atoms with van der Waals surface area (Å²) in [5.74, 6) is 0.803. The molecule has 3 nitrogen and oxygen atoms in total. The van der Waals surface area contributed by atoms with Gasteiger partial charge in [0.05, 0.1) is 13.5 Å². The SMILES string of the molecule is COc1ccccc1CC(=O)NC[C@H](SC)C(C)(C)C. The summed E-state index contributed by atoms with van der Waals surface area (Å²) >= 11 is 1.79. The van der Waals surface area contributed by atoms with Crippen LogP contribution >= 0.6 is 11.8 Å². The molecule has 20 heavy (non-hydrogen) atoms. The molecule has 0 aliphatic heterocycles.